The molecular weight excluding hydrogens is 383 g/mol. The molecule has 1 heterocycles. The Morgan fingerprint density at radius 1 is 1.25 bits per heavy atom. The molecule has 0 aliphatic heterocycles. The minimum Gasteiger partial charge on any atom is -0.370 e. The van der Waals surface area contributed by atoms with Crippen molar-refractivity contribution in [1.82, 2.24) is 4.98 Å². The molecule has 0 saturated carbocycles. The van der Waals surface area contributed by atoms with Crippen LogP contribution in [0.3, 0.4) is 0 Å². The molecule has 0 unspecified atom stereocenters. The first kappa shape index (κ1) is 16.9. The fourth-order valence-corrected chi connectivity index (χ4v) is 2.60. The zero-order valence-corrected chi connectivity index (χ0v) is 15.0. The lowest BCUT2D eigenvalue weighted by atomic mass is 10.1. The van der Waals surface area contributed by atoms with Gasteiger partial charge in [-0.1, -0.05) is 6.07 Å². The highest BCUT2D eigenvalue weighted by molar-refractivity contribution is 14.0. The Bertz CT molecular complexity index is 587. The molecule has 0 aliphatic carbocycles. The third-order valence-electron chi connectivity index (χ3n) is 2.57. The van der Waals surface area contributed by atoms with Gasteiger partial charge in [-0.3, -0.25) is 0 Å². The molecule has 0 bridgehead atoms. The quantitative estimate of drug-likeness (QED) is 0.469. The summed E-state index contributed by atoms with van der Waals surface area (Å²) in [6.07, 6.45) is 1.84. The second kappa shape index (κ2) is 7.58. The Morgan fingerprint density at radius 2 is 1.90 bits per heavy atom. The molecule has 1 aromatic heterocycles. The van der Waals surface area contributed by atoms with E-state index in [0.29, 0.717) is 12.5 Å². The maximum absolute atomic E-state index is 5.88. The second-order valence-corrected chi connectivity index (χ2v) is 5.87. The fraction of sp³-hybridized carbons (Fsp3) is 0.286. The number of anilines is 1. The summed E-state index contributed by atoms with van der Waals surface area (Å²) in [7, 11) is 0. The maximum atomic E-state index is 5.88. The molecule has 0 aliphatic rings. The molecule has 4 nitrogen and oxygen atoms in total. The minimum absolute atomic E-state index is 0. The summed E-state index contributed by atoms with van der Waals surface area (Å²) in [6, 6.07) is 6.22. The lowest BCUT2D eigenvalue weighted by Gasteiger charge is -2.07. The van der Waals surface area contributed by atoms with Crippen LogP contribution < -0.4 is 11.1 Å². The topological polar surface area (TPSA) is 63.3 Å². The lowest BCUT2D eigenvalue weighted by Crippen LogP contribution is -2.22. The monoisotopic (exact) mass is 402 g/mol. The summed E-state index contributed by atoms with van der Waals surface area (Å²) in [6.45, 7) is 6.67. The number of nitrogens with two attached hydrogens (primary N) is 1. The summed E-state index contributed by atoms with van der Waals surface area (Å²) in [4.78, 5) is 9.62. The standard InChI is InChI=1S/C14H18N4S.HI/c1-9-4-10(2)6-12(5-9)18-14(15)17-8-13-7-16-11(3)19-13;/h4-7H,8H2,1-3H3,(H3,15,17,18);1H. The molecule has 0 spiro atoms. The van der Waals surface area contributed by atoms with E-state index in [2.05, 4.69) is 35.2 Å². The van der Waals surface area contributed by atoms with Gasteiger partial charge in [0.25, 0.3) is 0 Å². The van der Waals surface area contributed by atoms with Crippen LogP contribution in [0.4, 0.5) is 5.69 Å². The lowest BCUT2D eigenvalue weighted by molar-refractivity contribution is 1.08. The summed E-state index contributed by atoms with van der Waals surface area (Å²) < 4.78 is 0. The smallest absolute Gasteiger partial charge is 0.193 e. The number of guanidine groups is 1. The van der Waals surface area contributed by atoms with Gasteiger partial charge >= 0.3 is 0 Å². The van der Waals surface area contributed by atoms with Crippen LogP contribution in [0.1, 0.15) is 21.0 Å². The molecule has 0 atom stereocenters. The summed E-state index contributed by atoms with van der Waals surface area (Å²) >= 11 is 1.64. The van der Waals surface area contributed by atoms with E-state index < -0.39 is 0 Å². The van der Waals surface area contributed by atoms with Gasteiger partial charge in [-0.25, -0.2) is 9.98 Å². The summed E-state index contributed by atoms with van der Waals surface area (Å²) in [5, 5.41) is 4.16. The van der Waals surface area contributed by atoms with Crippen LogP contribution in [-0.4, -0.2) is 10.9 Å². The molecule has 1 aromatic carbocycles. The highest BCUT2D eigenvalue weighted by Crippen LogP contribution is 2.14. The van der Waals surface area contributed by atoms with Crippen LogP contribution in [0.2, 0.25) is 0 Å². The number of halogens is 1. The molecule has 0 radical (unpaired) electrons. The van der Waals surface area contributed by atoms with E-state index in [4.69, 9.17) is 5.73 Å². The van der Waals surface area contributed by atoms with E-state index >= 15 is 0 Å². The van der Waals surface area contributed by atoms with Gasteiger partial charge in [0.1, 0.15) is 0 Å². The number of nitrogens with one attached hydrogen (secondary N) is 1. The average Bonchev–Trinajstić information content (AvgIpc) is 2.71. The molecule has 0 amide bonds. The van der Waals surface area contributed by atoms with E-state index in [1.807, 2.05) is 25.3 Å². The zero-order valence-electron chi connectivity index (χ0n) is 11.8. The number of hydrogen-bond donors (Lipinski definition) is 2. The number of benzene rings is 1. The molecule has 20 heavy (non-hydrogen) atoms. The van der Waals surface area contributed by atoms with Gasteiger partial charge in [0.2, 0.25) is 0 Å². The van der Waals surface area contributed by atoms with Gasteiger partial charge in [0, 0.05) is 16.8 Å². The molecule has 6 heteroatoms. The molecule has 3 N–H and O–H groups in total. The Hall–Kier alpha value is -1.15. The first-order valence-electron chi connectivity index (χ1n) is 6.09. The van der Waals surface area contributed by atoms with Gasteiger partial charge < -0.3 is 11.1 Å². The maximum Gasteiger partial charge on any atom is 0.193 e. The van der Waals surface area contributed by atoms with Crippen molar-refractivity contribution in [3.63, 3.8) is 0 Å². The zero-order chi connectivity index (χ0) is 13.8. The molecule has 108 valence electrons. The molecular formula is C14H19IN4S. The van der Waals surface area contributed by atoms with Crippen LogP contribution in [-0.2, 0) is 6.54 Å². The number of aliphatic imine (C=N–C) groups is 1. The summed E-state index contributed by atoms with van der Waals surface area (Å²) in [5.74, 6) is 0.427. The van der Waals surface area contributed by atoms with Gasteiger partial charge in [-0.2, -0.15) is 0 Å². The fourth-order valence-electron chi connectivity index (χ4n) is 1.88. The van der Waals surface area contributed by atoms with Crippen molar-refractivity contribution in [2.75, 3.05) is 5.32 Å². The molecule has 2 aromatic rings. The van der Waals surface area contributed by atoms with Crippen molar-refractivity contribution < 1.29 is 0 Å². The number of rotatable bonds is 3. The van der Waals surface area contributed by atoms with Crippen molar-refractivity contribution in [1.29, 1.82) is 0 Å². The summed E-state index contributed by atoms with van der Waals surface area (Å²) in [5.41, 5.74) is 9.26. The van der Waals surface area contributed by atoms with Crippen molar-refractivity contribution in [3.8, 4) is 0 Å². The highest BCUT2D eigenvalue weighted by atomic mass is 127. The van der Waals surface area contributed by atoms with E-state index in [9.17, 15) is 0 Å². The van der Waals surface area contributed by atoms with E-state index in [1.54, 1.807) is 11.3 Å². The average molecular weight is 402 g/mol. The van der Waals surface area contributed by atoms with Gasteiger partial charge in [0.05, 0.1) is 11.6 Å². The third kappa shape index (κ3) is 5.09. The number of aryl methyl sites for hydroxylation is 3. The first-order valence-corrected chi connectivity index (χ1v) is 6.91. The number of hydrogen-bond acceptors (Lipinski definition) is 3. The Balaban J connectivity index is 0.00000200. The molecule has 0 fully saturated rings. The Labute approximate surface area is 140 Å². The highest BCUT2D eigenvalue weighted by Gasteiger charge is 1.99. The Morgan fingerprint density at radius 3 is 2.45 bits per heavy atom. The third-order valence-corrected chi connectivity index (χ3v) is 3.47. The van der Waals surface area contributed by atoms with Crippen LogP contribution in [0.25, 0.3) is 0 Å². The SMILES string of the molecule is Cc1cc(C)cc(NC(N)=NCc2cnc(C)s2)c1.I. The van der Waals surface area contributed by atoms with Gasteiger partial charge in [0.15, 0.2) is 5.96 Å². The molecule has 0 saturated heterocycles. The van der Waals surface area contributed by atoms with Crippen LogP contribution >= 0.6 is 35.3 Å². The number of aromatic nitrogens is 1. The van der Waals surface area contributed by atoms with Crippen LogP contribution in [0.15, 0.2) is 29.4 Å². The molecule has 2 rings (SSSR count). The predicted molar refractivity (Wildman–Crippen MR) is 97.1 cm³/mol. The van der Waals surface area contributed by atoms with Gasteiger partial charge in [-0.05, 0) is 44.0 Å². The normalized spacial score (nSPS) is 11.1. The van der Waals surface area contributed by atoms with E-state index in [0.717, 1.165) is 15.6 Å². The number of thiazole rings is 1. The van der Waals surface area contributed by atoms with Crippen molar-refractivity contribution in [3.05, 3.63) is 45.4 Å². The van der Waals surface area contributed by atoms with E-state index in [-0.39, 0.29) is 24.0 Å². The predicted octanol–water partition coefficient (Wildman–Crippen LogP) is 3.61. The van der Waals surface area contributed by atoms with Crippen LogP contribution in [0.5, 0.6) is 0 Å². The van der Waals surface area contributed by atoms with Crippen molar-refractivity contribution in [2.24, 2.45) is 10.7 Å². The second-order valence-electron chi connectivity index (χ2n) is 4.55. The van der Waals surface area contributed by atoms with E-state index in [1.165, 1.54) is 11.1 Å². The largest absolute Gasteiger partial charge is 0.370 e. The Kier molecular flexibility index (Phi) is 6.41. The van der Waals surface area contributed by atoms with Crippen molar-refractivity contribution >= 4 is 47.0 Å². The first-order chi connectivity index (χ1) is 9.02. The minimum atomic E-state index is 0. The van der Waals surface area contributed by atoms with Crippen LogP contribution in [0, 0.1) is 20.8 Å². The van der Waals surface area contributed by atoms with Crippen molar-refractivity contribution in [2.45, 2.75) is 27.3 Å². The van der Waals surface area contributed by atoms with Gasteiger partial charge in [-0.15, -0.1) is 35.3 Å². The number of nitrogens with zero attached hydrogens (tertiary/aromatic N) is 2.